The van der Waals surface area contributed by atoms with E-state index < -0.39 is 0 Å². The Morgan fingerprint density at radius 3 is 2.62 bits per heavy atom. The van der Waals surface area contributed by atoms with Crippen LogP contribution in [0, 0.1) is 5.92 Å². The summed E-state index contributed by atoms with van der Waals surface area (Å²) in [5, 5.41) is 6.45. The van der Waals surface area contributed by atoms with Crippen molar-refractivity contribution in [1.29, 1.82) is 0 Å². The summed E-state index contributed by atoms with van der Waals surface area (Å²) in [6.45, 7) is 7.77. The Morgan fingerprint density at radius 1 is 1.29 bits per heavy atom. The van der Waals surface area contributed by atoms with Gasteiger partial charge in [-0.3, -0.25) is 9.59 Å². The molecule has 132 valence electrons. The van der Waals surface area contributed by atoms with Gasteiger partial charge in [-0.05, 0) is 24.8 Å². The molecule has 3 atom stereocenters. The molecular formula is C19H29N3O2. The van der Waals surface area contributed by atoms with Crippen LogP contribution >= 0.6 is 0 Å². The van der Waals surface area contributed by atoms with Gasteiger partial charge in [-0.25, -0.2) is 0 Å². The lowest BCUT2D eigenvalue weighted by Crippen LogP contribution is -2.55. The SMILES string of the molecule is CC[C@@H]1CN(C(C)=O)CC[C@H]1N[C@@H](C)C(=O)NCc1ccccc1. The maximum absolute atomic E-state index is 12.3. The normalized spacial score (nSPS) is 22.0. The van der Waals surface area contributed by atoms with E-state index in [9.17, 15) is 9.59 Å². The number of rotatable bonds is 6. The number of hydrogen-bond donors (Lipinski definition) is 2. The average molecular weight is 331 g/mol. The number of carbonyl (C=O) groups is 2. The second kappa shape index (κ2) is 8.83. The summed E-state index contributed by atoms with van der Waals surface area (Å²) in [6.07, 6.45) is 1.90. The Morgan fingerprint density at radius 2 is 2.00 bits per heavy atom. The van der Waals surface area contributed by atoms with Crippen LogP contribution in [0.25, 0.3) is 0 Å². The van der Waals surface area contributed by atoms with E-state index in [-0.39, 0.29) is 23.9 Å². The van der Waals surface area contributed by atoms with Gasteiger partial charge in [-0.15, -0.1) is 0 Å². The Bertz CT molecular complexity index is 547. The van der Waals surface area contributed by atoms with Gasteiger partial charge in [0.25, 0.3) is 0 Å². The number of nitrogens with one attached hydrogen (secondary N) is 2. The predicted octanol–water partition coefficient (Wildman–Crippen LogP) is 1.93. The molecule has 0 spiro atoms. The molecule has 1 saturated heterocycles. The summed E-state index contributed by atoms with van der Waals surface area (Å²) in [6, 6.07) is 9.95. The first kappa shape index (κ1) is 18.5. The molecule has 2 N–H and O–H groups in total. The van der Waals surface area contributed by atoms with Gasteiger partial charge in [0.2, 0.25) is 11.8 Å². The molecule has 1 heterocycles. The molecule has 1 aromatic rings. The fourth-order valence-electron chi connectivity index (χ4n) is 3.29. The van der Waals surface area contributed by atoms with Gasteiger partial charge in [0, 0.05) is 32.6 Å². The molecule has 5 nitrogen and oxygen atoms in total. The lowest BCUT2D eigenvalue weighted by molar-refractivity contribution is -0.131. The van der Waals surface area contributed by atoms with Crippen LogP contribution in [-0.2, 0) is 16.1 Å². The van der Waals surface area contributed by atoms with Gasteiger partial charge in [-0.1, -0.05) is 43.7 Å². The summed E-state index contributed by atoms with van der Waals surface area (Å²) in [5.41, 5.74) is 1.10. The topological polar surface area (TPSA) is 61.4 Å². The second-order valence-corrected chi connectivity index (χ2v) is 6.62. The number of amides is 2. The summed E-state index contributed by atoms with van der Waals surface area (Å²) in [7, 11) is 0. The molecule has 2 rings (SSSR count). The molecule has 0 radical (unpaired) electrons. The van der Waals surface area contributed by atoms with Crippen LogP contribution < -0.4 is 10.6 Å². The minimum atomic E-state index is -0.239. The van der Waals surface area contributed by atoms with Crippen molar-refractivity contribution < 1.29 is 9.59 Å². The lowest BCUT2D eigenvalue weighted by atomic mass is 9.89. The van der Waals surface area contributed by atoms with Crippen molar-refractivity contribution in [3.05, 3.63) is 35.9 Å². The highest BCUT2D eigenvalue weighted by atomic mass is 16.2. The lowest BCUT2D eigenvalue weighted by Gasteiger charge is -2.39. The molecule has 1 aliphatic rings. The molecule has 1 aliphatic heterocycles. The van der Waals surface area contributed by atoms with Crippen LogP contribution in [0.5, 0.6) is 0 Å². The monoisotopic (exact) mass is 331 g/mol. The largest absolute Gasteiger partial charge is 0.351 e. The van der Waals surface area contributed by atoms with Gasteiger partial charge in [0.15, 0.2) is 0 Å². The van der Waals surface area contributed by atoms with Crippen molar-refractivity contribution in [2.24, 2.45) is 5.92 Å². The fraction of sp³-hybridized carbons (Fsp3) is 0.579. The zero-order chi connectivity index (χ0) is 17.5. The van der Waals surface area contributed by atoms with E-state index in [4.69, 9.17) is 0 Å². The first-order valence-electron chi connectivity index (χ1n) is 8.84. The molecular weight excluding hydrogens is 302 g/mol. The van der Waals surface area contributed by atoms with Gasteiger partial charge >= 0.3 is 0 Å². The predicted molar refractivity (Wildman–Crippen MR) is 95.3 cm³/mol. The Hall–Kier alpha value is -1.88. The van der Waals surface area contributed by atoms with E-state index in [1.165, 1.54) is 0 Å². The smallest absolute Gasteiger partial charge is 0.237 e. The van der Waals surface area contributed by atoms with Gasteiger partial charge in [-0.2, -0.15) is 0 Å². The standard InChI is InChI=1S/C19H29N3O2/c1-4-17-13-22(15(3)23)11-10-18(17)21-14(2)19(24)20-12-16-8-6-5-7-9-16/h5-9,14,17-18,21H,4,10-13H2,1-3H3,(H,20,24)/t14-,17+,18+/m0/s1. The molecule has 0 aliphatic carbocycles. The minimum absolute atomic E-state index is 0.0164. The zero-order valence-corrected chi connectivity index (χ0v) is 14.9. The fourth-order valence-corrected chi connectivity index (χ4v) is 3.29. The van der Waals surface area contributed by atoms with E-state index in [2.05, 4.69) is 17.6 Å². The number of carbonyl (C=O) groups excluding carboxylic acids is 2. The van der Waals surface area contributed by atoms with Crippen molar-refractivity contribution in [2.45, 2.75) is 52.2 Å². The molecule has 0 unspecified atom stereocenters. The maximum Gasteiger partial charge on any atom is 0.237 e. The van der Waals surface area contributed by atoms with E-state index in [0.29, 0.717) is 12.5 Å². The van der Waals surface area contributed by atoms with Crippen molar-refractivity contribution in [2.75, 3.05) is 13.1 Å². The number of nitrogens with zero attached hydrogens (tertiary/aromatic N) is 1. The van der Waals surface area contributed by atoms with Crippen molar-refractivity contribution >= 4 is 11.8 Å². The van der Waals surface area contributed by atoms with Crippen LogP contribution in [0.1, 0.15) is 39.2 Å². The van der Waals surface area contributed by atoms with E-state index in [1.807, 2.05) is 42.2 Å². The molecule has 5 heteroatoms. The summed E-state index contributed by atoms with van der Waals surface area (Å²) < 4.78 is 0. The van der Waals surface area contributed by atoms with Crippen molar-refractivity contribution in [3.63, 3.8) is 0 Å². The van der Waals surface area contributed by atoms with Gasteiger partial charge in [0.1, 0.15) is 0 Å². The Labute approximate surface area is 144 Å². The van der Waals surface area contributed by atoms with Crippen LogP contribution in [0.2, 0.25) is 0 Å². The van der Waals surface area contributed by atoms with E-state index in [1.54, 1.807) is 6.92 Å². The average Bonchev–Trinajstić information content (AvgIpc) is 2.60. The number of piperidine rings is 1. The third kappa shape index (κ3) is 5.06. The van der Waals surface area contributed by atoms with Crippen LogP contribution in [0.15, 0.2) is 30.3 Å². The minimum Gasteiger partial charge on any atom is -0.351 e. The maximum atomic E-state index is 12.3. The first-order valence-corrected chi connectivity index (χ1v) is 8.84. The summed E-state index contributed by atoms with van der Waals surface area (Å²) >= 11 is 0. The Balaban J connectivity index is 1.83. The third-order valence-electron chi connectivity index (χ3n) is 4.87. The number of likely N-dealkylation sites (tertiary alicyclic amines) is 1. The quantitative estimate of drug-likeness (QED) is 0.837. The molecule has 1 fully saturated rings. The van der Waals surface area contributed by atoms with Crippen molar-refractivity contribution in [1.82, 2.24) is 15.5 Å². The molecule has 24 heavy (non-hydrogen) atoms. The van der Waals surface area contributed by atoms with Gasteiger partial charge < -0.3 is 15.5 Å². The van der Waals surface area contributed by atoms with Crippen molar-refractivity contribution in [3.8, 4) is 0 Å². The second-order valence-electron chi connectivity index (χ2n) is 6.62. The molecule has 0 saturated carbocycles. The van der Waals surface area contributed by atoms with Crippen LogP contribution in [0.3, 0.4) is 0 Å². The third-order valence-corrected chi connectivity index (χ3v) is 4.87. The Kier molecular flexibility index (Phi) is 6.79. The molecule has 2 amide bonds. The highest BCUT2D eigenvalue weighted by Crippen LogP contribution is 2.20. The van der Waals surface area contributed by atoms with Crippen LogP contribution in [-0.4, -0.2) is 41.9 Å². The highest BCUT2D eigenvalue weighted by molar-refractivity contribution is 5.81. The summed E-state index contributed by atoms with van der Waals surface area (Å²) in [4.78, 5) is 25.8. The highest BCUT2D eigenvalue weighted by Gasteiger charge is 2.30. The van der Waals surface area contributed by atoms with E-state index >= 15 is 0 Å². The zero-order valence-electron chi connectivity index (χ0n) is 14.9. The molecule has 1 aromatic carbocycles. The van der Waals surface area contributed by atoms with Gasteiger partial charge in [0.05, 0.1) is 6.04 Å². The van der Waals surface area contributed by atoms with E-state index in [0.717, 1.165) is 31.5 Å². The van der Waals surface area contributed by atoms with Crippen LogP contribution in [0.4, 0.5) is 0 Å². The first-order chi connectivity index (χ1) is 11.5. The molecule has 0 bridgehead atoms. The molecule has 0 aromatic heterocycles. The summed E-state index contributed by atoms with van der Waals surface area (Å²) in [5.74, 6) is 0.551. The number of hydrogen-bond acceptors (Lipinski definition) is 3. The number of benzene rings is 1.